The first kappa shape index (κ1) is 11.8. The summed E-state index contributed by atoms with van der Waals surface area (Å²) in [7, 11) is 0. The van der Waals surface area contributed by atoms with E-state index in [2.05, 4.69) is 5.32 Å². The van der Waals surface area contributed by atoms with Gasteiger partial charge in [-0.1, -0.05) is 18.2 Å². The number of ether oxygens (including phenoxy) is 1. The topological polar surface area (TPSA) is 51.5 Å². The number of carbonyl (C=O) groups excluding carboxylic acids is 1. The van der Waals surface area contributed by atoms with Gasteiger partial charge in [0.05, 0.1) is 6.61 Å². The Kier molecular flexibility index (Phi) is 2.99. The lowest BCUT2D eigenvalue weighted by Crippen LogP contribution is -2.10. The zero-order valence-electron chi connectivity index (χ0n) is 10.7. The molecule has 4 heteroatoms. The molecular formula is C15H15NO3. The molecule has 0 amide bonds. The number of furan rings is 1. The molecule has 19 heavy (non-hydrogen) atoms. The molecule has 0 saturated carbocycles. The Bertz CT molecular complexity index is 654. The monoisotopic (exact) mass is 257 g/mol. The summed E-state index contributed by atoms with van der Waals surface area (Å²) >= 11 is 0. The van der Waals surface area contributed by atoms with Crippen molar-refractivity contribution < 1.29 is 13.9 Å². The van der Waals surface area contributed by atoms with Crippen LogP contribution in [0.25, 0.3) is 16.5 Å². The van der Waals surface area contributed by atoms with E-state index in [-0.39, 0.29) is 5.97 Å². The van der Waals surface area contributed by atoms with Gasteiger partial charge < -0.3 is 14.5 Å². The van der Waals surface area contributed by atoms with Gasteiger partial charge >= 0.3 is 5.97 Å². The van der Waals surface area contributed by atoms with Crippen LogP contribution in [0.2, 0.25) is 0 Å². The van der Waals surface area contributed by atoms with Crippen molar-refractivity contribution in [1.29, 1.82) is 0 Å². The normalized spacial score (nSPS) is 14.3. The average molecular weight is 257 g/mol. The maximum absolute atomic E-state index is 12.0. The van der Waals surface area contributed by atoms with E-state index in [9.17, 15) is 4.79 Å². The van der Waals surface area contributed by atoms with Gasteiger partial charge in [0.25, 0.3) is 0 Å². The van der Waals surface area contributed by atoms with Gasteiger partial charge in [0.15, 0.2) is 0 Å². The van der Waals surface area contributed by atoms with Gasteiger partial charge in [0.1, 0.15) is 16.9 Å². The van der Waals surface area contributed by atoms with Crippen molar-refractivity contribution in [2.24, 2.45) is 0 Å². The van der Waals surface area contributed by atoms with Crippen molar-refractivity contribution in [1.82, 2.24) is 5.32 Å². The molecule has 0 saturated heterocycles. The molecule has 1 aliphatic heterocycles. The van der Waals surface area contributed by atoms with E-state index in [0.717, 1.165) is 29.5 Å². The molecule has 98 valence electrons. The molecule has 2 heterocycles. The fourth-order valence-corrected chi connectivity index (χ4v) is 2.36. The second kappa shape index (κ2) is 4.80. The van der Waals surface area contributed by atoms with Crippen LogP contribution in [-0.2, 0) is 16.0 Å². The molecule has 3 rings (SSSR count). The molecule has 1 aliphatic rings. The zero-order valence-corrected chi connectivity index (χ0v) is 10.7. The van der Waals surface area contributed by atoms with Crippen LogP contribution in [-0.4, -0.2) is 19.1 Å². The van der Waals surface area contributed by atoms with E-state index >= 15 is 0 Å². The van der Waals surface area contributed by atoms with Gasteiger partial charge in [-0.2, -0.15) is 0 Å². The fourth-order valence-electron chi connectivity index (χ4n) is 2.36. The third kappa shape index (κ3) is 1.99. The van der Waals surface area contributed by atoms with E-state index in [0.29, 0.717) is 17.9 Å². The van der Waals surface area contributed by atoms with Gasteiger partial charge in [-0.25, -0.2) is 4.79 Å². The van der Waals surface area contributed by atoms with Crippen LogP contribution in [0.15, 0.2) is 34.9 Å². The highest BCUT2D eigenvalue weighted by Crippen LogP contribution is 2.32. The molecule has 2 aromatic rings. The highest BCUT2D eigenvalue weighted by atomic mass is 16.5. The second-order valence-electron chi connectivity index (χ2n) is 4.39. The number of hydrogen-bond donors (Lipinski definition) is 1. The molecule has 0 unspecified atom stereocenters. The predicted molar refractivity (Wildman–Crippen MR) is 72.5 cm³/mol. The lowest BCUT2D eigenvalue weighted by Gasteiger charge is -2.04. The highest BCUT2D eigenvalue weighted by Gasteiger charge is 2.24. The number of hydrogen-bond acceptors (Lipinski definition) is 4. The minimum absolute atomic E-state index is 0.350. The van der Waals surface area contributed by atoms with Gasteiger partial charge in [0, 0.05) is 23.7 Å². The highest BCUT2D eigenvalue weighted by molar-refractivity contribution is 6.17. The molecule has 0 aliphatic carbocycles. The number of carbonyl (C=O) groups is 1. The summed E-state index contributed by atoms with van der Waals surface area (Å²) < 4.78 is 10.9. The number of benzene rings is 1. The van der Waals surface area contributed by atoms with Crippen LogP contribution < -0.4 is 5.32 Å². The summed E-state index contributed by atoms with van der Waals surface area (Å²) in [5.41, 5.74) is 2.34. The third-order valence-corrected chi connectivity index (χ3v) is 3.20. The summed E-state index contributed by atoms with van der Waals surface area (Å²) in [6, 6.07) is 7.84. The molecule has 1 aromatic heterocycles. The lowest BCUT2D eigenvalue weighted by atomic mass is 10.0. The van der Waals surface area contributed by atoms with E-state index < -0.39 is 0 Å². The molecule has 0 bridgehead atoms. The van der Waals surface area contributed by atoms with E-state index in [1.807, 2.05) is 24.3 Å². The van der Waals surface area contributed by atoms with Crippen LogP contribution in [0.5, 0.6) is 0 Å². The lowest BCUT2D eigenvalue weighted by molar-refractivity contribution is -0.136. The minimum atomic E-state index is -0.350. The van der Waals surface area contributed by atoms with Crippen molar-refractivity contribution in [3.8, 4) is 0 Å². The first-order valence-corrected chi connectivity index (χ1v) is 6.42. The largest absolute Gasteiger partial charge is 0.462 e. The standard InChI is InChI=1S/C15H15NO3/c1-2-18-15(17)12-9-16-8-7-11-10-5-3-4-6-13(10)19-14(11)12/h3-6,9,16H,2,7-8H2,1H3. The number of para-hydroxylation sites is 1. The van der Waals surface area contributed by atoms with Crippen molar-refractivity contribution in [2.75, 3.05) is 13.2 Å². The second-order valence-corrected chi connectivity index (χ2v) is 4.39. The molecule has 0 radical (unpaired) electrons. The minimum Gasteiger partial charge on any atom is -0.462 e. The summed E-state index contributed by atoms with van der Waals surface area (Å²) in [5, 5.41) is 4.18. The van der Waals surface area contributed by atoms with Crippen molar-refractivity contribution in [2.45, 2.75) is 13.3 Å². The molecule has 1 aromatic carbocycles. The first-order valence-electron chi connectivity index (χ1n) is 6.42. The Morgan fingerprint density at radius 2 is 2.26 bits per heavy atom. The van der Waals surface area contributed by atoms with Gasteiger partial charge in [0.2, 0.25) is 0 Å². The molecule has 0 atom stereocenters. The molecular weight excluding hydrogens is 242 g/mol. The molecule has 0 fully saturated rings. The number of esters is 1. The number of fused-ring (bicyclic) bond motifs is 3. The van der Waals surface area contributed by atoms with Crippen LogP contribution in [0, 0.1) is 0 Å². The van der Waals surface area contributed by atoms with Crippen LogP contribution in [0.4, 0.5) is 0 Å². The van der Waals surface area contributed by atoms with Crippen molar-refractivity contribution >= 4 is 22.5 Å². The zero-order chi connectivity index (χ0) is 13.2. The maximum atomic E-state index is 12.0. The SMILES string of the molecule is CCOC(=O)C1=CNCCc2c1oc1ccccc21. The summed E-state index contributed by atoms with van der Waals surface area (Å²) in [4.78, 5) is 12.0. The van der Waals surface area contributed by atoms with Crippen molar-refractivity contribution in [3.63, 3.8) is 0 Å². The average Bonchev–Trinajstić information content (AvgIpc) is 2.64. The van der Waals surface area contributed by atoms with E-state index in [1.54, 1.807) is 13.1 Å². The summed E-state index contributed by atoms with van der Waals surface area (Å²) in [5.74, 6) is 0.279. The van der Waals surface area contributed by atoms with E-state index in [1.165, 1.54) is 0 Å². The Hall–Kier alpha value is -2.23. The van der Waals surface area contributed by atoms with Crippen molar-refractivity contribution in [3.05, 3.63) is 41.8 Å². The molecule has 1 N–H and O–H groups in total. The maximum Gasteiger partial charge on any atom is 0.343 e. The van der Waals surface area contributed by atoms with Crippen LogP contribution >= 0.6 is 0 Å². The Balaban J connectivity index is 2.15. The van der Waals surface area contributed by atoms with Crippen LogP contribution in [0.3, 0.4) is 0 Å². The summed E-state index contributed by atoms with van der Waals surface area (Å²) in [6.45, 7) is 2.92. The van der Waals surface area contributed by atoms with Gasteiger partial charge in [-0.3, -0.25) is 0 Å². The Labute approximate surface area is 111 Å². The smallest absolute Gasteiger partial charge is 0.343 e. The molecule has 4 nitrogen and oxygen atoms in total. The third-order valence-electron chi connectivity index (χ3n) is 3.20. The first-order chi connectivity index (χ1) is 9.31. The Morgan fingerprint density at radius 3 is 3.11 bits per heavy atom. The molecule has 0 spiro atoms. The van der Waals surface area contributed by atoms with Gasteiger partial charge in [-0.15, -0.1) is 0 Å². The fraction of sp³-hybridized carbons (Fsp3) is 0.267. The van der Waals surface area contributed by atoms with Crippen LogP contribution in [0.1, 0.15) is 18.2 Å². The number of nitrogens with one attached hydrogen (secondary N) is 1. The van der Waals surface area contributed by atoms with E-state index in [4.69, 9.17) is 9.15 Å². The summed E-state index contributed by atoms with van der Waals surface area (Å²) in [6.07, 6.45) is 2.51. The van der Waals surface area contributed by atoms with Gasteiger partial charge in [-0.05, 0) is 19.4 Å². The quantitative estimate of drug-likeness (QED) is 0.840. The Morgan fingerprint density at radius 1 is 1.42 bits per heavy atom. The predicted octanol–water partition coefficient (Wildman–Crippen LogP) is 2.48. The number of rotatable bonds is 2.